The summed E-state index contributed by atoms with van der Waals surface area (Å²) in [5, 5.41) is 16.8. The monoisotopic (exact) mass is 362 g/mol. The molecule has 3 N–H and O–H groups in total. The van der Waals surface area contributed by atoms with Crippen LogP contribution in [0.4, 0.5) is 5.69 Å². The average molecular weight is 362 g/mol. The van der Waals surface area contributed by atoms with E-state index in [2.05, 4.69) is 10.6 Å². The number of hydrogen-bond donors (Lipinski definition) is 3. The molecule has 0 radical (unpaired) electrons. The zero-order valence-corrected chi connectivity index (χ0v) is 14.2. The maximum Gasteiger partial charge on any atom is 0.313 e. The summed E-state index contributed by atoms with van der Waals surface area (Å²) in [6.07, 6.45) is -0.315. The number of amides is 2. The number of aliphatic hydroxyl groups is 1. The zero-order valence-electron chi connectivity index (χ0n) is 13.4. The van der Waals surface area contributed by atoms with Gasteiger partial charge in [0.25, 0.3) is 0 Å². The van der Waals surface area contributed by atoms with Crippen LogP contribution in [0.25, 0.3) is 0 Å². The number of aliphatic hydroxyl groups excluding tert-OH is 1. The lowest BCUT2D eigenvalue weighted by Gasteiger charge is -2.18. The van der Waals surface area contributed by atoms with Gasteiger partial charge in [-0.25, -0.2) is 0 Å². The molecule has 132 valence electrons. The van der Waals surface area contributed by atoms with Crippen LogP contribution in [0.2, 0.25) is 0 Å². The third-order valence-corrected chi connectivity index (χ3v) is 4.55. The van der Waals surface area contributed by atoms with Crippen molar-refractivity contribution in [3.05, 3.63) is 40.6 Å². The second-order valence-corrected chi connectivity index (χ2v) is 6.37. The molecule has 2 aromatic rings. The summed E-state index contributed by atoms with van der Waals surface area (Å²) in [5.41, 5.74) is 0.447. The average Bonchev–Trinajstić information content (AvgIpc) is 3.16. The Balaban J connectivity index is 1.47. The number of hydrogen-bond acceptors (Lipinski definition) is 6. The molecule has 3 rings (SSSR count). The Morgan fingerprint density at radius 1 is 1.16 bits per heavy atom. The highest BCUT2D eigenvalue weighted by Crippen LogP contribution is 2.32. The van der Waals surface area contributed by atoms with E-state index >= 15 is 0 Å². The van der Waals surface area contributed by atoms with E-state index in [1.807, 2.05) is 17.5 Å². The van der Waals surface area contributed by atoms with Crippen molar-refractivity contribution in [1.82, 2.24) is 5.32 Å². The van der Waals surface area contributed by atoms with Gasteiger partial charge in [-0.1, -0.05) is 6.07 Å². The Bertz CT molecular complexity index is 748. The second kappa shape index (κ2) is 8.00. The van der Waals surface area contributed by atoms with Gasteiger partial charge in [0.2, 0.25) is 0 Å². The summed E-state index contributed by atoms with van der Waals surface area (Å²) >= 11 is 1.45. The topological polar surface area (TPSA) is 96.9 Å². The van der Waals surface area contributed by atoms with E-state index in [1.165, 1.54) is 11.3 Å². The van der Waals surface area contributed by atoms with Crippen LogP contribution in [0.15, 0.2) is 35.7 Å². The van der Waals surface area contributed by atoms with Gasteiger partial charge < -0.3 is 25.2 Å². The molecular formula is C17H18N2O5S. The van der Waals surface area contributed by atoms with Crippen molar-refractivity contribution in [1.29, 1.82) is 0 Å². The van der Waals surface area contributed by atoms with E-state index in [0.29, 0.717) is 36.8 Å². The number of anilines is 1. The highest BCUT2D eigenvalue weighted by Gasteiger charge is 2.17. The van der Waals surface area contributed by atoms with Gasteiger partial charge >= 0.3 is 11.8 Å². The van der Waals surface area contributed by atoms with E-state index < -0.39 is 17.9 Å². The quantitative estimate of drug-likeness (QED) is 0.704. The number of thiophene rings is 1. The maximum atomic E-state index is 11.9. The molecule has 8 heteroatoms. The first kappa shape index (κ1) is 17.2. The molecule has 2 heterocycles. The summed E-state index contributed by atoms with van der Waals surface area (Å²) < 4.78 is 10.8. The lowest BCUT2D eigenvalue weighted by Crippen LogP contribution is -2.36. The van der Waals surface area contributed by atoms with Gasteiger partial charge in [-0.2, -0.15) is 0 Å². The number of benzene rings is 1. The lowest BCUT2D eigenvalue weighted by atomic mass is 10.2. The molecular weight excluding hydrogens is 344 g/mol. The Morgan fingerprint density at radius 3 is 2.72 bits per heavy atom. The van der Waals surface area contributed by atoms with Crippen LogP contribution >= 0.6 is 11.3 Å². The van der Waals surface area contributed by atoms with E-state index in [4.69, 9.17) is 9.47 Å². The SMILES string of the molecule is O=C(NCCC(O)c1cccs1)C(=O)Nc1ccc2c(c1)OCCO2. The van der Waals surface area contributed by atoms with Crippen LogP contribution in [-0.4, -0.2) is 36.7 Å². The molecule has 1 atom stereocenters. The van der Waals surface area contributed by atoms with Crippen molar-refractivity contribution >= 4 is 28.8 Å². The van der Waals surface area contributed by atoms with Crippen molar-refractivity contribution in [2.75, 3.05) is 25.1 Å². The molecule has 1 aliphatic rings. The molecule has 0 saturated heterocycles. The van der Waals surface area contributed by atoms with Crippen molar-refractivity contribution in [2.24, 2.45) is 0 Å². The van der Waals surface area contributed by atoms with Crippen LogP contribution in [0.3, 0.4) is 0 Å². The maximum absolute atomic E-state index is 11.9. The van der Waals surface area contributed by atoms with Crippen LogP contribution in [0.1, 0.15) is 17.4 Å². The third kappa shape index (κ3) is 4.49. The molecule has 0 aliphatic carbocycles. The summed E-state index contributed by atoms with van der Waals surface area (Å²) in [4.78, 5) is 24.6. The second-order valence-electron chi connectivity index (χ2n) is 5.39. The number of fused-ring (bicyclic) bond motifs is 1. The number of nitrogens with one attached hydrogen (secondary N) is 2. The minimum atomic E-state index is -0.776. The predicted octanol–water partition coefficient (Wildman–Crippen LogP) is 1.70. The first-order valence-corrected chi connectivity index (χ1v) is 8.72. The van der Waals surface area contributed by atoms with Crippen molar-refractivity contribution in [3.8, 4) is 11.5 Å². The van der Waals surface area contributed by atoms with Gasteiger partial charge in [-0.15, -0.1) is 11.3 Å². The Labute approximate surface area is 148 Å². The molecule has 1 aliphatic heterocycles. The number of rotatable bonds is 5. The molecule has 1 unspecified atom stereocenters. The Morgan fingerprint density at radius 2 is 1.96 bits per heavy atom. The van der Waals surface area contributed by atoms with E-state index in [-0.39, 0.29) is 6.54 Å². The molecule has 0 saturated carbocycles. The van der Waals surface area contributed by atoms with E-state index in [0.717, 1.165) is 4.88 Å². The van der Waals surface area contributed by atoms with Gasteiger partial charge in [-0.3, -0.25) is 9.59 Å². The summed E-state index contributed by atoms with van der Waals surface area (Å²) in [5.74, 6) is -0.393. The fourth-order valence-electron chi connectivity index (χ4n) is 2.33. The molecule has 1 aromatic heterocycles. The number of ether oxygens (including phenoxy) is 2. The summed E-state index contributed by atoms with van der Waals surface area (Å²) in [7, 11) is 0. The standard InChI is InChI=1S/C17H18N2O5S/c20-12(15-2-1-9-25-15)5-6-18-16(21)17(22)19-11-3-4-13-14(10-11)24-8-7-23-13/h1-4,9-10,12,20H,5-8H2,(H,18,21)(H,19,22). The zero-order chi connectivity index (χ0) is 17.6. The summed E-state index contributed by atoms with van der Waals surface area (Å²) in [6.45, 7) is 1.13. The van der Waals surface area contributed by atoms with Crippen molar-refractivity contribution in [3.63, 3.8) is 0 Å². The number of carbonyl (C=O) groups excluding carboxylic acids is 2. The van der Waals surface area contributed by atoms with Crippen molar-refractivity contribution in [2.45, 2.75) is 12.5 Å². The predicted molar refractivity (Wildman–Crippen MR) is 93.0 cm³/mol. The molecule has 0 fully saturated rings. The minimum Gasteiger partial charge on any atom is -0.486 e. The highest BCUT2D eigenvalue weighted by atomic mass is 32.1. The first-order chi connectivity index (χ1) is 12.1. The Hall–Kier alpha value is -2.58. The lowest BCUT2D eigenvalue weighted by molar-refractivity contribution is -0.136. The van der Waals surface area contributed by atoms with Gasteiger partial charge in [-0.05, 0) is 30.0 Å². The van der Waals surface area contributed by atoms with Crippen molar-refractivity contribution < 1.29 is 24.2 Å². The Kier molecular flexibility index (Phi) is 5.52. The van der Waals surface area contributed by atoms with Crippen LogP contribution in [0.5, 0.6) is 11.5 Å². The summed E-state index contributed by atoms with van der Waals surface area (Å²) in [6, 6.07) is 8.60. The minimum absolute atomic E-state index is 0.201. The van der Waals surface area contributed by atoms with Gasteiger partial charge in [0.1, 0.15) is 13.2 Å². The molecule has 0 spiro atoms. The fourth-order valence-corrected chi connectivity index (χ4v) is 3.08. The van der Waals surface area contributed by atoms with Gasteiger partial charge in [0.05, 0.1) is 6.10 Å². The molecule has 2 amide bonds. The van der Waals surface area contributed by atoms with Crippen LogP contribution in [0, 0.1) is 0 Å². The van der Waals surface area contributed by atoms with E-state index in [1.54, 1.807) is 18.2 Å². The first-order valence-electron chi connectivity index (χ1n) is 7.84. The fraction of sp³-hybridized carbons (Fsp3) is 0.294. The normalized spacial score (nSPS) is 13.8. The van der Waals surface area contributed by atoms with Gasteiger partial charge in [0.15, 0.2) is 11.5 Å². The molecule has 7 nitrogen and oxygen atoms in total. The van der Waals surface area contributed by atoms with E-state index in [9.17, 15) is 14.7 Å². The molecule has 0 bridgehead atoms. The van der Waals surface area contributed by atoms with Gasteiger partial charge in [0, 0.05) is 23.2 Å². The highest BCUT2D eigenvalue weighted by molar-refractivity contribution is 7.10. The third-order valence-electron chi connectivity index (χ3n) is 3.58. The van der Waals surface area contributed by atoms with Crippen LogP contribution < -0.4 is 20.1 Å². The number of carbonyl (C=O) groups is 2. The van der Waals surface area contributed by atoms with Crippen LogP contribution in [-0.2, 0) is 9.59 Å². The molecule has 1 aromatic carbocycles. The smallest absolute Gasteiger partial charge is 0.313 e. The largest absolute Gasteiger partial charge is 0.486 e. The molecule has 25 heavy (non-hydrogen) atoms.